The number of pyridine rings is 1. The minimum atomic E-state index is -0.118. The molecule has 0 aliphatic carbocycles. The number of ether oxygens (including phenoxy) is 1. The number of carbonyl (C=O) groups excluding carboxylic acids is 1. The fourth-order valence-electron chi connectivity index (χ4n) is 1.86. The topological polar surface area (TPSA) is 63.2 Å². The molecule has 0 bridgehead atoms. The molecule has 1 amide bonds. The Labute approximate surface area is 145 Å². The Morgan fingerprint density at radius 1 is 1.30 bits per heavy atom. The molecule has 2 aromatic rings. The van der Waals surface area contributed by atoms with E-state index in [-0.39, 0.29) is 17.7 Å². The van der Waals surface area contributed by atoms with Crippen LogP contribution in [0.5, 0.6) is 11.6 Å². The minimum absolute atomic E-state index is 0.0459. The fraction of sp³-hybridized carbons (Fsp3) is 0.250. The van der Waals surface area contributed by atoms with Crippen LogP contribution in [0.15, 0.2) is 36.5 Å². The lowest BCUT2D eigenvalue weighted by atomic mass is 10.1. The highest BCUT2D eigenvalue weighted by Crippen LogP contribution is 2.29. The summed E-state index contributed by atoms with van der Waals surface area (Å²) in [5.74, 6) is 0.668. The molecule has 0 saturated carbocycles. The van der Waals surface area contributed by atoms with Crippen LogP contribution in [0, 0.1) is 5.92 Å². The third-order valence-electron chi connectivity index (χ3n) is 3.07. The molecule has 1 aromatic heterocycles. The van der Waals surface area contributed by atoms with E-state index in [1.165, 1.54) is 6.20 Å². The first kappa shape index (κ1) is 17.5. The summed E-state index contributed by atoms with van der Waals surface area (Å²) in [7, 11) is 1.81. The first-order valence-electron chi connectivity index (χ1n) is 7.04. The Kier molecular flexibility index (Phi) is 6.21. The second-order valence-electron chi connectivity index (χ2n) is 5.01. The van der Waals surface area contributed by atoms with E-state index in [1.54, 1.807) is 30.3 Å². The molecule has 0 aliphatic heterocycles. The van der Waals surface area contributed by atoms with Crippen molar-refractivity contribution in [2.75, 3.05) is 18.9 Å². The zero-order valence-corrected chi connectivity index (χ0v) is 14.3. The molecule has 2 rings (SSSR count). The van der Waals surface area contributed by atoms with E-state index in [1.807, 2.05) is 14.0 Å². The Bertz CT molecular complexity index is 678. The summed E-state index contributed by atoms with van der Waals surface area (Å²) in [6, 6.07) is 8.52. The predicted molar refractivity (Wildman–Crippen MR) is 92.5 cm³/mol. The van der Waals surface area contributed by atoms with Gasteiger partial charge < -0.3 is 15.4 Å². The number of hydrogen-bond donors (Lipinski definition) is 2. The molecular formula is C16H17Cl2N3O2. The number of hydrogen-bond acceptors (Lipinski definition) is 4. The first-order chi connectivity index (χ1) is 11.0. The van der Waals surface area contributed by atoms with Crippen molar-refractivity contribution >= 4 is 34.8 Å². The normalized spacial score (nSPS) is 11.8. The quantitative estimate of drug-likeness (QED) is 0.824. The lowest BCUT2D eigenvalue weighted by Gasteiger charge is -2.12. The van der Waals surface area contributed by atoms with Crippen LogP contribution in [0.25, 0.3) is 0 Å². The minimum Gasteiger partial charge on any atom is -0.438 e. The molecule has 0 spiro atoms. The molecule has 0 saturated heterocycles. The van der Waals surface area contributed by atoms with Gasteiger partial charge in [0, 0.05) is 24.3 Å². The zero-order chi connectivity index (χ0) is 16.8. The predicted octanol–water partition coefficient (Wildman–Crippen LogP) is 3.97. The summed E-state index contributed by atoms with van der Waals surface area (Å²) < 4.78 is 5.59. The largest absolute Gasteiger partial charge is 0.438 e. The number of nitrogens with one attached hydrogen (secondary N) is 2. The highest BCUT2D eigenvalue weighted by Gasteiger charge is 2.12. The van der Waals surface area contributed by atoms with E-state index in [0.29, 0.717) is 28.0 Å². The SMILES string of the molecule is CNCC(C)C(=O)Nc1ccc(Oc2ncc(Cl)cc2Cl)cc1. The third kappa shape index (κ3) is 5.10. The number of aromatic nitrogens is 1. The van der Waals surface area contributed by atoms with Crippen LogP contribution >= 0.6 is 23.2 Å². The van der Waals surface area contributed by atoms with E-state index >= 15 is 0 Å². The summed E-state index contributed by atoms with van der Waals surface area (Å²) in [6.45, 7) is 2.48. The van der Waals surface area contributed by atoms with Gasteiger partial charge in [0.1, 0.15) is 10.8 Å². The molecule has 0 aliphatic rings. The van der Waals surface area contributed by atoms with Crippen LogP contribution in [0.3, 0.4) is 0 Å². The average molecular weight is 354 g/mol. The highest BCUT2D eigenvalue weighted by atomic mass is 35.5. The number of anilines is 1. The van der Waals surface area contributed by atoms with E-state index < -0.39 is 0 Å². The van der Waals surface area contributed by atoms with Crippen molar-refractivity contribution in [2.24, 2.45) is 5.92 Å². The number of benzene rings is 1. The average Bonchev–Trinajstić information content (AvgIpc) is 2.52. The second-order valence-corrected chi connectivity index (χ2v) is 5.86. The Morgan fingerprint density at radius 2 is 2.00 bits per heavy atom. The maximum atomic E-state index is 11.9. The van der Waals surface area contributed by atoms with Gasteiger partial charge in [0.15, 0.2) is 0 Å². The van der Waals surface area contributed by atoms with Gasteiger partial charge in [-0.2, -0.15) is 0 Å². The number of halogens is 2. The van der Waals surface area contributed by atoms with Crippen LogP contribution in [-0.4, -0.2) is 24.5 Å². The summed E-state index contributed by atoms with van der Waals surface area (Å²) >= 11 is 11.8. The lowest BCUT2D eigenvalue weighted by Crippen LogP contribution is -2.28. The molecule has 1 unspecified atom stereocenters. The van der Waals surface area contributed by atoms with Gasteiger partial charge in [-0.25, -0.2) is 4.98 Å². The Balaban J connectivity index is 2.00. The summed E-state index contributed by atoms with van der Waals surface area (Å²) in [5.41, 5.74) is 0.695. The lowest BCUT2D eigenvalue weighted by molar-refractivity contribution is -0.119. The van der Waals surface area contributed by atoms with Gasteiger partial charge in [0.05, 0.1) is 5.02 Å². The van der Waals surface area contributed by atoms with Gasteiger partial charge >= 0.3 is 0 Å². The van der Waals surface area contributed by atoms with Crippen molar-refractivity contribution in [1.82, 2.24) is 10.3 Å². The highest BCUT2D eigenvalue weighted by molar-refractivity contribution is 6.35. The van der Waals surface area contributed by atoms with E-state index in [4.69, 9.17) is 27.9 Å². The van der Waals surface area contributed by atoms with Gasteiger partial charge in [0.2, 0.25) is 11.8 Å². The molecule has 1 heterocycles. The van der Waals surface area contributed by atoms with Crippen molar-refractivity contribution in [3.05, 3.63) is 46.6 Å². The molecule has 7 heteroatoms. The summed E-state index contributed by atoms with van der Waals surface area (Å²) in [5, 5.41) is 6.58. The Hall–Kier alpha value is -1.82. The van der Waals surface area contributed by atoms with Gasteiger partial charge in [-0.15, -0.1) is 0 Å². The summed E-state index contributed by atoms with van der Waals surface area (Å²) in [4.78, 5) is 16.0. The van der Waals surface area contributed by atoms with Gasteiger partial charge in [0.25, 0.3) is 0 Å². The van der Waals surface area contributed by atoms with Crippen molar-refractivity contribution < 1.29 is 9.53 Å². The second kappa shape index (κ2) is 8.15. The maximum Gasteiger partial charge on any atom is 0.238 e. The molecule has 122 valence electrons. The van der Waals surface area contributed by atoms with Gasteiger partial charge in [-0.3, -0.25) is 4.79 Å². The Morgan fingerprint density at radius 3 is 2.61 bits per heavy atom. The van der Waals surface area contributed by atoms with Crippen molar-refractivity contribution in [1.29, 1.82) is 0 Å². The molecular weight excluding hydrogens is 337 g/mol. The molecule has 23 heavy (non-hydrogen) atoms. The van der Waals surface area contributed by atoms with Crippen molar-refractivity contribution in [3.63, 3.8) is 0 Å². The monoisotopic (exact) mass is 353 g/mol. The third-order valence-corrected chi connectivity index (χ3v) is 3.55. The van der Waals surface area contributed by atoms with E-state index in [2.05, 4.69) is 15.6 Å². The van der Waals surface area contributed by atoms with Crippen LogP contribution < -0.4 is 15.4 Å². The van der Waals surface area contributed by atoms with E-state index in [0.717, 1.165) is 0 Å². The van der Waals surface area contributed by atoms with Crippen molar-refractivity contribution in [2.45, 2.75) is 6.92 Å². The smallest absolute Gasteiger partial charge is 0.238 e. The molecule has 0 radical (unpaired) electrons. The van der Waals surface area contributed by atoms with Crippen LogP contribution in [0.2, 0.25) is 10.0 Å². The molecule has 1 aromatic carbocycles. The van der Waals surface area contributed by atoms with Crippen LogP contribution in [0.1, 0.15) is 6.92 Å². The first-order valence-corrected chi connectivity index (χ1v) is 7.79. The molecule has 1 atom stereocenters. The number of amides is 1. The van der Waals surface area contributed by atoms with Crippen molar-refractivity contribution in [3.8, 4) is 11.6 Å². The number of nitrogens with zero attached hydrogens (tertiary/aromatic N) is 1. The fourth-order valence-corrected chi connectivity index (χ4v) is 2.28. The molecule has 2 N–H and O–H groups in total. The molecule has 5 nitrogen and oxygen atoms in total. The van der Waals surface area contributed by atoms with E-state index in [9.17, 15) is 4.79 Å². The van der Waals surface area contributed by atoms with Gasteiger partial charge in [-0.05, 0) is 37.4 Å². The maximum absolute atomic E-state index is 11.9. The van der Waals surface area contributed by atoms with Crippen LogP contribution in [0.4, 0.5) is 5.69 Å². The standard InChI is InChI=1S/C16H17Cl2N3O2/c1-10(8-19-2)15(22)21-12-3-5-13(6-4-12)23-16-14(18)7-11(17)9-20-16/h3-7,9-10,19H,8H2,1-2H3,(H,21,22). The molecule has 0 fully saturated rings. The zero-order valence-electron chi connectivity index (χ0n) is 12.8. The van der Waals surface area contributed by atoms with Crippen LogP contribution in [-0.2, 0) is 4.79 Å². The summed E-state index contributed by atoms with van der Waals surface area (Å²) in [6.07, 6.45) is 1.46. The number of carbonyl (C=O) groups is 1. The van der Waals surface area contributed by atoms with Gasteiger partial charge in [-0.1, -0.05) is 30.1 Å². The number of rotatable bonds is 6.